The fourth-order valence-corrected chi connectivity index (χ4v) is 9.35. The summed E-state index contributed by atoms with van der Waals surface area (Å²) in [7, 11) is 0. The van der Waals surface area contributed by atoms with Crippen molar-refractivity contribution in [3.63, 3.8) is 0 Å². The number of carbonyl (C=O) groups is 4. The molecule has 0 aromatic rings. The van der Waals surface area contributed by atoms with E-state index in [2.05, 4.69) is 6.92 Å². The lowest BCUT2D eigenvalue weighted by Gasteiger charge is -2.60. The van der Waals surface area contributed by atoms with Crippen molar-refractivity contribution in [2.45, 2.75) is 160 Å². The number of ether oxygens (including phenoxy) is 7. The Hall–Kier alpha value is -3.04. The lowest BCUT2D eigenvalue weighted by atomic mass is 9.46. The van der Waals surface area contributed by atoms with Gasteiger partial charge in [-0.1, -0.05) is 32.4 Å². The highest BCUT2D eigenvalue weighted by Gasteiger charge is 2.60. The van der Waals surface area contributed by atoms with Crippen molar-refractivity contribution in [2.24, 2.45) is 22.7 Å². The minimum absolute atomic E-state index is 0.0824. The molecule has 2 aliphatic carbocycles. The van der Waals surface area contributed by atoms with Crippen LogP contribution < -0.4 is 0 Å². The van der Waals surface area contributed by atoms with E-state index in [4.69, 9.17) is 33.2 Å². The predicted molar refractivity (Wildman–Crippen MR) is 197 cm³/mol. The molecule has 6 bridgehead atoms. The SMILES string of the molecule is CC(=O)OCC1OC(OC2CC(C)=CCOC(=O)CC(C)(O)CC(=O)OCC3OC(OC(=O)C4=CCCC5C4(C)CCC(C)C25C)C(O)C(O)C3O)C(O)C(O)C1O. The second kappa shape index (κ2) is 18.3. The number of fused-ring (bicyclic) bond motifs is 2. The quantitative estimate of drug-likeness (QED) is 0.110. The lowest BCUT2D eigenvalue weighted by Crippen LogP contribution is -2.62. The largest absolute Gasteiger partial charge is 0.463 e. The summed E-state index contributed by atoms with van der Waals surface area (Å²) in [4.78, 5) is 51.3. The summed E-state index contributed by atoms with van der Waals surface area (Å²) in [5.41, 5.74) is -2.62. The molecule has 328 valence electrons. The van der Waals surface area contributed by atoms with Gasteiger partial charge in [0.25, 0.3) is 0 Å². The van der Waals surface area contributed by atoms with Gasteiger partial charge in [-0.05, 0) is 63.9 Å². The normalized spacial score (nSPS) is 44.8. The summed E-state index contributed by atoms with van der Waals surface area (Å²) in [5, 5.41) is 75.8. The molecule has 18 heteroatoms. The number of cyclic esters (lactones) is 2. The molecule has 3 heterocycles. The average molecular weight is 829 g/mol. The Balaban J connectivity index is 1.53. The topological polar surface area (TPSA) is 274 Å². The standard InChI is InChI=1S/C40H60O18/c1-19-11-13-52-27(42)15-38(4,51)16-28(43)54-18-24-30(45)32(47)34(49)37(56-24)58-35(50)22-8-7-9-25-39(22,5)12-10-20(2)40(25,6)26(14-19)57-36-33(48)31(46)29(44)23(55-36)17-53-21(3)41/h8,11,20,23-26,29-34,36-37,44-49,51H,7,9-10,12-18H2,1-6H3. The van der Waals surface area contributed by atoms with Crippen molar-refractivity contribution in [1.82, 2.24) is 0 Å². The van der Waals surface area contributed by atoms with Crippen LogP contribution in [0.3, 0.4) is 0 Å². The maximum Gasteiger partial charge on any atom is 0.336 e. The van der Waals surface area contributed by atoms with Gasteiger partial charge in [0.05, 0.1) is 24.5 Å². The van der Waals surface area contributed by atoms with Crippen LogP contribution in [-0.2, 0) is 52.3 Å². The zero-order chi connectivity index (χ0) is 42.9. The molecule has 58 heavy (non-hydrogen) atoms. The molecular formula is C40H60O18. The summed E-state index contributed by atoms with van der Waals surface area (Å²) < 4.78 is 39.7. The number of hydrogen-bond donors (Lipinski definition) is 7. The molecular weight excluding hydrogens is 768 g/mol. The summed E-state index contributed by atoms with van der Waals surface area (Å²) >= 11 is 0. The first-order chi connectivity index (χ1) is 27.1. The molecule has 5 aliphatic rings. The van der Waals surface area contributed by atoms with Crippen molar-refractivity contribution in [3.05, 3.63) is 23.3 Å². The summed E-state index contributed by atoms with van der Waals surface area (Å²) in [5.74, 6) is -3.67. The predicted octanol–water partition coefficient (Wildman–Crippen LogP) is -0.160. The Morgan fingerprint density at radius 2 is 1.52 bits per heavy atom. The van der Waals surface area contributed by atoms with Gasteiger partial charge in [-0.3, -0.25) is 14.4 Å². The van der Waals surface area contributed by atoms with Gasteiger partial charge >= 0.3 is 23.9 Å². The third kappa shape index (κ3) is 9.77. The minimum Gasteiger partial charge on any atom is -0.463 e. The molecule has 5 rings (SSSR count). The van der Waals surface area contributed by atoms with E-state index in [-0.39, 0.29) is 30.4 Å². The van der Waals surface area contributed by atoms with Crippen LogP contribution in [0.4, 0.5) is 0 Å². The Morgan fingerprint density at radius 3 is 2.19 bits per heavy atom. The molecule has 0 aromatic heterocycles. The molecule has 1 saturated carbocycles. The summed E-state index contributed by atoms with van der Waals surface area (Å²) in [6.45, 7) is 8.89. The Kier molecular flexibility index (Phi) is 14.5. The minimum atomic E-state index is -1.90. The van der Waals surface area contributed by atoms with E-state index in [1.54, 1.807) is 19.1 Å². The number of carbonyl (C=O) groups excluding carboxylic acids is 4. The van der Waals surface area contributed by atoms with E-state index >= 15 is 0 Å². The fourth-order valence-electron chi connectivity index (χ4n) is 9.35. The Labute approximate surface area is 337 Å². The van der Waals surface area contributed by atoms with Gasteiger partial charge in [-0.15, -0.1) is 0 Å². The number of esters is 4. The molecule has 16 unspecified atom stereocenters. The van der Waals surface area contributed by atoms with Gasteiger partial charge in [0.1, 0.15) is 68.7 Å². The highest BCUT2D eigenvalue weighted by atomic mass is 16.7. The van der Waals surface area contributed by atoms with Gasteiger partial charge in [0, 0.05) is 23.3 Å². The van der Waals surface area contributed by atoms with Crippen molar-refractivity contribution in [3.8, 4) is 0 Å². The maximum atomic E-state index is 14.2. The van der Waals surface area contributed by atoms with E-state index in [0.717, 1.165) is 0 Å². The lowest BCUT2D eigenvalue weighted by molar-refractivity contribution is -0.326. The number of aliphatic hydroxyl groups is 7. The highest BCUT2D eigenvalue weighted by Crippen LogP contribution is 2.63. The zero-order valence-corrected chi connectivity index (χ0v) is 33.9. The number of hydrogen-bond acceptors (Lipinski definition) is 18. The monoisotopic (exact) mass is 828 g/mol. The Bertz CT molecular complexity index is 1580. The van der Waals surface area contributed by atoms with E-state index in [0.29, 0.717) is 31.3 Å². The smallest absolute Gasteiger partial charge is 0.336 e. The molecule has 0 radical (unpaired) electrons. The highest BCUT2D eigenvalue weighted by molar-refractivity contribution is 5.90. The van der Waals surface area contributed by atoms with E-state index in [1.807, 2.05) is 13.8 Å². The number of aliphatic hydroxyl groups excluding tert-OH is 6. The molecule has 7 N–H and O–H groups in total. The molecule has 0 spiro atoms. The molecule has 18 nitrogen and oxygen atoms in total. The first-order valence-corrected chi connectivity index (χ1v) is 19.9. The van der Waals surface area contributed by atoms with Crippen LogP contribution in [0.1, 0.15) is 86.5 Å². The van der Waals surface area contributed by atoms with E-state index < -0.39 is 134 Å². The molecule has 3 fully saturated rings. The average Bonchev–Trinajstić information content (AvgIpc) is 3.14. The van der Waals surface area contributed by atoms with Gasteiger partial charge in [-0.2, -0.15) is 0 Å². The van der Waals surface area contributed by atoms with Gasteiger partial charge in [0.15, 0.2) is 6.29 Å². The van der Waals surface area contributed by atoms with Gasteiger partial charge < -0.3 is 68.9 Å². The Morgan fingerprint density at radius 1 is 0.862 bits per heavy atom. The van der Waals surface area contributed by atoms with Crippen LogP contribution in [0.25, 0.3) is 0 Å². The summed E-state index contributed by atoms with van der Waals surface area (Å²) in [6, 6.07) is 0. The van der Waals surface area contributed by atoms with Crippen molar-refractivity contribution in [2.75, 3.05) is 19.8 Å². The van der Waals surface area contributed by atoms with Crippen molar-refractivity contribution >= 4 is 23.9 Å². The fraction of sp³-hybridized carbons (Fsp3) is 0.800. The van der Waals surface area contributed by atoms with Crippen LogP contribution in [0.2, 0.25) is 0 Å². The summed E-state index contributed by atoms with van der Waals surface area (Å²) in [6.07, 6.45) is -12.9. The van der Waals surface area contributed by atoms with Crippen LogP contribution in [-0.4, -0.2) is 153 Å². The van der Waals surface area contributed by atoms with Crippen molar-refractivity contribution in [1.29, 1.82) is 0 Å². The van der Waals surface area contributed by atoms with E-state index in [1.165, 1.54) is 13.8 Å². The van der Waals surface area contributed by atoms with Crippen LogP contribution in [0.15, 0.2) is 23.3 Å². The van der Waals surface area contributed by atoms with Crippen LogP contribution in [0.5, 0.6) is 0 Å². The third-order valence-electron chi connectivity index (χ3n) is 13.0. The zero-order valence-electron chi connectivity index (χ0n) is 33.9. The maximum absolute atomic E-state index is 14.2. The van der Waals surface area contributed by atoms with Gasteiger partial charge in [-0.25, -0.2) is 4.79 Å². The first-order valence-electron chi connectivity index (χ1n) is 19.9. The number of rotatable bonds is 4. The third-order valence-corrected chi connectivity index (χ3v) is 13.0. The second-order valence-electron chi connectivity index (χ2n) is 17.3. The molecule has 0 amide bonds. The van der Waals surface area contributed by atoms with Crippen LogP contribution >= 0.6 is 0 Å². The molecule has 3 aliphatic heterocycles. The molecule has 0 aromatic carbocycles. The number of allylic oxidation sites excluding steroid dienone is 1. The molecule has 2 saturated heterocycles. The molecule has 16 atom stereocenters. The van der Waals surface area contributed by atoms with Crippen molar-refractivity contribution < 1.29 is 88.1 Å². The van der Waals surface area contributed by atoms with Gasteiger partial charge in [0.2, 0.25) is 6.29 Å². The van der Waals surface area contributed by atoms with E-state index in [9.17, 15) is 54.9 Å². The second-order valence-corrected chi connectivity index (χ2v) is 17.3. The van der Waals surface area contributed by atoms with Crippen LogP contribution in [0, 0.1) is 22.7 Å². The first kappa shape index (κ1) is 46.0.